The average Bonchev–Trinajstić information content (AvgIpc) is 2.95. The lowest BCUT2D eigenvalue weighted by molar-refractivity contribution is -0.139. The fourth-order valence-electron chi connectivity index (χ4n) is 3.87. The molecule has 4 aromatic rings. The Morgan fingerprint density at radius 2 is 1.60 bits per heavy atom. The van der Waals surface area contributed by atoms with Crippen LogP contribution in [0.4, 0.5) is 29.3 Å². The summed E-state index contributed by atoms with van der Waals surface area (Å²) in [6.07, 6.45) is -2.19. The Morgan fingerprint density at radius 1 is 0.952 bits per heavy atom. The molecule has 4 rings (SSSR count). The van der Waals surface area contributed by atoms with Crippen LogP contribution in [0.2, 0.25) is 0 Å². The zero-order chi connectivity index (χ0) is 30.3. The standard InChI is InChI=1S/C29H27F3N4O6/c1-40-25-15-21-23(16-26(25)41-14-2-3-22(33)27(37)38)34-13-12-24(21)42-20-10-8-19(9-11-20)36-28(39)35-18-6-4-17(5-7-18)29(30,31)32/h4-13,15-16,22H,2-3,14,33H2,1H3,(H,37,38)(H2,35,36,39)/t22-/m1/s1. The number of pyridine rings is 1. The maximum atomic E-state index is 12.7. The van der Waals surface area contributed by atoms with Crippen LogP contribution >= 0.6 is 0 Å². The normalized spacial score (nSPS) is 11.9. The molecule has 0 aliphatic heterocycles. The summed E-state index contributed by atoms with van der Waals surface area (Å²) in [5.74, 6) is 0.747. The summed E-state index contributed by atoms with van der Waals surface area (Å²) in [6, 6.07) is 14.1. The second-order valence-electron chi connectivity index (χ2n) is 9.05. The number of urea groups is 1. The zero-order valence-electron chi connectivity index (χ0n) is 22.3. The minimum absolute atomic E-state index is 0.205. The maximum Gasteiger partial charge on any atom is 0.416 e. The average molecular weight is 585 g/mol. The Labute approximate surface area is 238 Å². The van der Waals surface area contributed by atoms with Crippen LogP contribution < -0.4 is 30.6 Å². The van der Waals surface area contributed by atoms with Gasteiger partial charge in [-0.15, -0.1) is 0 Å². The molecule has 0 aliphatic carbocycles. The molecule has 5 N–H and O–H groups in total. The van der Waals surface area contributed by atoms with E-state index in [2.05, 4.69) is 15.6 Å². The number of ether oxygens (including phenoxy) is 3. The number of aliphatic carboxylic acids is 1. The van der Waals surface area contributed by atoms with Crippen LogP contribution in [0, 0.1) is 0 Å². The van der Waals surface area contributed by atoms with Gasteiger partial charge in [0.05, 0.1) is 24.8 Å². The van der Waals surface area contributed by atoms with Gasteiger partial charge in [-0.2, -0.15) is 13.2 Å². The van der Waals surface area contributed by atoms with Gasteiger partial charge in [0.15, 0.2) is 11.5 Å². The molecule has 1 aromatic heterocycles. The number of halogens is 3. The highest BCUT2D eigenvalue weighted by atomic mass is 19.4. The van der Waals surface area contributed by atoms with Gasteiger partial charge in [0, 0.05) is 29.0 Å². The quantitative estimate of drug-likeness (QED) is 0.151. The van der Waals surface area contributed by atoms with Gasteiger partial charge in [-0.1, -0.05) is 0 Å². The lowest BCUT2D eigenvalue weighted by Crippen LogP contribution is -2.30. The molecule has 13 heteroatoms. The van der Waals surface area contributed by atoms with E-state index in [0.717, 1.165) is 12.1 Å². The van der Waals surface area contributed by atoms with E-state index in [1.54, 1.807) is 48.7 Å². The molecule has 3 aromatic carbocycles. The van der Waals surface area contributed by atoms with E-state index >= 15 is 0 Å². The molecule has 1 heterocycles. The van der Waals surface area contributed by atoms with Crippen LogP contribution in [0.1, 0.15) is 18.4 Å². The summed E-state index contributed by atoms with van der Waals surface area (Å²) in [7, 11) is 1.49. The molecule has 42 heavy (non-hydrogen) atoms. The van der Waals surface area contributed by atoms with Crippen molar-refractivity contribution in [2.75, 3.05) is 24.4 Å². The molecule has 0 unspecified atom stereocenters. The van der Waals surface area contributed by atoms with Crippen LogP contribution in [0.5, 0.6) is 23.0 Å². The molecule has 220 valence electrons. The third kappa shape index (κ3) is 7.79. The van der Waals surface area contributed by atoms with Crippen LogP contribution in [0.3, 0.4) is 0 Å². The van der Waals surface area contributed by atoms with Crippen LogP contribution in [0.25, 0.3) is 10.9 Å². The maximum absolute atomic E-state index is 12.7. The van der Waals surface area contributed by atoms with E-state index < -0.39 is 29.8 Å². The first-order chi connectivity index (χ1) is 20.0. The summed E-state index contributed by atoms with van der Waals surface area (Å²) in [4.78, 5) is 27.5. The highest BCUT2D eigenvalue weighted by molar-refractivity contribution is 5.99. The van der Waals surface area contributed by atoms with Gasteiger partial charge in [0.1, 0.15) is 17.5 Å². The first kappa shape index (κ1) is 29.9. The summed E-state index contributed by atoms with van der Waals surface area (Å²) < 4.78 is 55.5. The highest BCUT2D eigenvalue weighted by Gasteiger charge is 2.30. The highest BCUT2D eigenvalue weighted by Crippen LogP contribution is 2.37. The van der Waals surface area contributed by atoms with Gasteiger partial charge < -0.3 is 35.7 Å². The predicted octanol–water partition coefficient (Wildman–Crippen LogP) is 6.27. The number of carbonyl (C=O) groups is 2. The van der Waals surface area contributed by atoms with Crippen molar-refractivity contribution in [1.82, 2.24) is 4.98 Å². The number of carboxylic acid groups (broad SMARTS) is 1. The third-order valence-corrected chi connectivity index (χ3v) is 6.03. The number of anilines is 2. The fraction of sp³-hybridized carbons (Fsp3) is 0.207. The number of carboxylic acids is 1. The number of methoxy groups -OCH3 is 1. The zero-order valence-corrected chi connectivity index (χ0v) is 22.3. The molecular weight excluding hydrogens is 557 g/mol. The second kappa shape index (κ2) is 13.1. The van der Waals surface area contributed by atoms with Gasteiger partial charge in [-0.3, -0.25) is 9.78 Å². The Hall–Kier alpha value is -5.04. The first-order valence-electron chi connectivity index (χ1n) is 12.6. The minimum Gasteiger partial charge on any atom is -0.493 e. The van der Waals surface area contributed by atoms with Crippen LogP contribution in [-0.2, 0) is 11.0 Å². The van der Waals surface area contributed by atoms with Crippen molar-refractivity contribution in [2.24, 2.45) is 5.73 Å². The summed E-state index contributed by atoms with van der Waals surface area (Å²) in [5, 5.41) is 14.6. The first-order valence-corrected chi connectivity index (χ1v) is 12.6. The van der Waals surface area contributed by atoms with Gasteiger partial charge in [-0.25, -0.2) is 4.79 Å². The van der Waals surface area contributed by atoms with E-state index in [1.165, 1.54) is 19.2 Å². The van der Waals surface area contributed by atoms with E-state index in [9.17, 15) is 22.8 Å². The molecule has 1 atom stereocenters. The molecule has 10 nitrogen and oxygen atoms in total. The predicted molar refractivity (Wildman–Crippen MR) is 149 cm³/mol. The number of nitrogens with two attached hydrogens (primary N) is 1. The molecule has 0 saturated carbocycles. The number of rotatable bonds is 11. The van der Waals surface area contributed by atoms with Crippen molar-refractivity contribution in [2.45, 2.75) is 25.1 Å². The van der Waals surface area contributed by atoms with Gasteiger partial charge >= 0.3 is 18.2 Å². The number of nitrogens with one attached hydrogen (secondary N) is 2. The lowest BCUT2D eigenvalue weighted by atomic mass is 10.1. The van der Waals surface area contributed by atoms with Gasteiger partial charge in [0.2, 0.25) is 0 Å². The van der Waals surface area contributed by atoms with Crippen LogP contribution in [-0.4, -0.2) is 41.8 Å². The van der Waals surface area contributed by atoms with Crippen molar-refractivity contribution in [3.63, 3.8) is 0 Å². The Balaban J connectivity index is 1.39. The summed E-state index contributed by atoms with van der Waals surface area (Å²) in [6.45, 7) is 0.238. The number of benzene rings is 3. The van der Waals surface area contributed by atoms with Crippen molar-refractivity contribution in [1.29, 1.82) is 0 Å². The van der Waals surface area contributed by atoms with Crippen LogP contribution in [0.15, 0.2) is 72.9 Å². The molecule has 0 spiro atoms. The molecule has 0 radical (unpaired) electrons. The monoisotopic (exact) mass is 584 g/mol. The minimum atomic E-state index is -4.46. The molecular formula is C29H27F3N4O6. The number of hydrogen-bond acceptors (Lipinski definition) is 7. The number of alkyl halides is 3. The number of hydrogen-bond donors (Lipinski definition) is 4. The second-order valence-corrected chi connectivity index (χ2v) is 9.05. The van der Waals surface area contributed by atoms with E-state index in [4.69, 9.17) is 25.1 Å². The van der Waals surface area contributed by atoms with Gasteiger partial charge in [0.25, 0.3) is 0 Å². The summed E-state index contributed by atoms with van der Waals surface area (Å²) in [5.41, 5.74) is 5.92. The number of carbonyl (C=O) groups excluding carboxylic acids is 1. The smallest absolute Gasteiger partial charge is 0.416 e. The number of fused-ring (bicyclic) bond motifs is 1. The molecule has 0 fully saturated rings. The molecule has 0 bridgehead atoms. The Kier molecular flexibility index (Phi) is 9.32. The summed E-state index contributed by atoms with van der Waals surface area (Å²) >= 11 is 0. The van der Waals surface area contributed by atoms with Crippen molar-refractivity contribution in [3.05, 3.63) is 78.5 Å². The number of aromatic nitrogens is 1. The fourth-order valence-corrected chi connectivity index (χ4v) is 3.87. The number of amides is 2. The van der Waals surface area contributed by atoms with Crippen molar-refractivity contribution >= 4 is 34.3 Å². The van der Waals surface area contributed by atoms with E-state index in [0.29, 0.717) is 46.0 Å². The lowest BCUT2D eigenvalue weighted by Gasteiger charge is -2.14. The molecule has 0 aliphatic rings. The Bertz CT molecular complexity index is 1550. The topological polar surface area (TPSA) is 145 Å². The Morgan fingerprint density at radius 3 is 2.19 bits per heavy atom. The molecule has 2 amide bonds. The molecule has 0 saturated heterocycles. The van der Waals surface area contributed by atoms with Gasteiger partial charge in [-0.05, 0) is 73.5 Å². The van der Waals surface area contributed by atoms with Crippen molar-refractivity contribution in [3.8, 4) is 23.0 Å². The largest absolute Gasteiger partial charge is 0.493 e. The number of nitrogens with zero attached hydrogens (tertiary/aromatic N) is 1. The van der Waals surface area contributed by atoms with E-state index in [1.807, 2.05) is 0 Å². The van der Waals surface area contributed by atoms with Crippen molar-refractivity contribution < 1.29 is 42.1 Å². The SMILES string of the molecule is COc1cc2c(Oc3ccc(NC(=O)Nc4ccc(C(F)(F)F)cc4)cc3)ccnc2cc1OCCC[C@@H](N)C(=O)O. The van der Waals surface area contributed by atoms with E-state index in [-0.39, 0.29) is 18.7 Å². The third-order valence-electron chi connectivity index (χ3n) is 6.03.